The van der Waals surface area contributed by atoms with Crippen LogP contribution in [0.4, 0.5) is 0 Å². The van der Waals surface area contributed by atoms with E-state index in [4.69, 9.17) is 16.3 Å². The van der Waals surface area contributed by atoms with E-state index >= 15 is 0 Å². The summed E-state index contributed by atoms with van der Waals surface area (Å²) in [6.07, 6.45) is 1.98. The number of halogens is 1. The zero-order chi connectivity index (χ0) is 17.0. The summed E-state index contributed by atoms with van der Waals surface area (Å²) in [6, 6.07) is 8.05. The lowest BCUT2D eigenvalue weighted by Crippen LogP contribution is -2.43. The van der Waals surface area contributed by atoms with E-state index in [0.717, 1.165) is 31.1 Å². The number of hydrogen-bond acceptors (Lipinski definition) is 2. The van der Waals surface area contributed by atoms with Crippen LogP contribution in [0.5, 0.6) is 0 Å². The molecule has 0 radical (unpaired) electrons. The van der Waals surface area contributed by atoms with Crippen LogP contribution >= 0.6 is 11.6 Å². The molecule has 128 valence electrons. The average Bonchev–Trinajstić information content (AvgIpc) is 2.60. The zero-order valence-corrected chi connectivity index (χ0v) is 15.3. The number of rotatable bonds is 5. The topological polar surface area (TPSA) is 29.5 Å². The van der Waals surface area contributed by atoms with Crippen molar-refractivity contribution in [1.82, 2.24) is 4.90 Å². The molecule has 3 nitrogen and oxygen atoms in total. The van der Waals surface area contributed by atoms with Gasteiger partial charge in [-0.05, 0) is 43.4 Å². The number of amides is 1. The Hall–Kier alpha value is -1.06. The van der Waals surface area contributed by atoms with Crippen molar-refractivity contribution < 1.29 is 9.53 Å². The van der Waals surface area contributed by atoms with Crippen molar-refractivity contribution in [3.8, 4) is 0 Å². The standard InChI is InChI=1S/C19H28ClNO2/c1-13(16-5-7-18(20)8-6-16)15(3)21(4)19(22)14(2)17-9-11-23-12-10-17/h5-8,13-15,17H,9-12H2,1-4H3. The van der Waals surface area contributed by atoms with Gasteiger partial charge in [-0.3, -0.25) is 4.79 Å². The van der Waals surface area contributed by atoms with Crippen molar-refractivity contribution in [2.45, 2.75) is 45.6 Å². The summed E-state index contributed by atoms with van der Waals surface area (Å²) in [4.78, 5) is 14.8. The van der Waals surface area contributed by atoms with Crippen molar-refractivity contribution in [3.05, 3.63) is 34.9 Å². The molecule has 0 spiro atoms. The maximum Gasteiger partial charge on any atom is 0.225 e. The van der Waals surface area contributed by atoms with Gasteiger partial charge in [-0.25, -0.2) is 0 Å². The molecule has 3 unspecified atom stereocenters. The molecule has 0 aliphatic carbocycles. The van der Waals surface area contributed by atoms with E-state index in [-0.39, 0.29) is 23.8 Å². The van der Waals surface area contributed by atoms with E-state index in [0.29, 0.717) is 5.92 Å². The molecule has 0 aromatic heterocycles. The molecule has 1 fully saturated rings. The van der Waals surface area contributed by atoms with Crippen molar-refractivity contribution in [2.75, 3.05) is 20.3 Å². The number of carbonyl (C=O) groups excluding carboxylic acids is 1. The summed E-state index contributed by atoms with van der Waals surface area (Å²) in [6.45, 7) is 7.91. The lowest BCUT2D eigenvalue weighted by atomic mass is 9.85. The molecular formula is C19H28ClNO2. The number of ether oxygens (including phenoxy) is 1. The second kappa shape index (κ2) is 8.16. The summed E-state index contributed by atoms with van der Waals surface area (Å²) >= 11 is 5.96. The average molecular weight is 338 g/mol. The summed E-state index contributed by atoms with van der Waals surface area (Å²) in [5.74, 6) is 1.01. The second-order valence-electron chi connectivity index (χ2n) is 6.77. The maximum absolute atomic E-state index is 12.8. The van der Waals surface area contributed by atoms with Crippen LogP contribution in [0.2, 0.25) is 5.02 Å². The van der Waals surface area contributed by atoms with Gasteiger partial charge >= 0.3 is 0 Å². The Kier molecular flexibility index (Phi) is 6.49. The van der Waals surface area contributed by atoms with Crippen LogP contribution in [0.3, 0.4) is 0 Å². The van der Waals surface area contributed by atoms with Crippen LogP contribution < -0.4 is 0 Å². The Morgan fingerprint density at radius 1 is 1.17 bits per heavy atom. The third-order valence-electron chi connectivity index (χ3n) is 5.44. The molecule has 0 N–H and O–H groups in total. The number of likely N-dealkylation sites (N-methyl/N-ethyl adjacent to an activating group) is 1. The largest absolute Gasteiger partial charge is 0.381 e. The van der Waals surface area contributed by atoms with Crippen LogP contribution in [0, 0.1) is 11.8 Å². The molecule has 23 heavy (non-hydrogen) atoms. The van der Waals surface area contributed by atoms with Crippen molar-refractivity contribution in [3.63, 3.8) is 0 Å². The van der Waals surface area contributed by atoms with Gasteiger partial charge in [0, 0.05) is 43.2 Å². The van der Waals surface area contributed by atoms with E-state index < -0.39 is 0 Å². The molecule has 0 bridgehead atoms. The molecule has 1 aliphatic heterocycles. The van der Waals surface area contributed by atoms with Gasteiger partial charge < -0.3 is 9.64 Å². The van der Waals surface area contributed by atoms with E-state index in [1.54, 1.807) is 0 Å². The highest BCUT2D eigenvalue weighted by Crippen LogP contribution is 2.28. The summed E-state index contributed by atoms with van der Waals surface area (Å²) in [7, 11) is 1.93. The molecule has 1 amide bonds. The van der Waals surface area contributed by atoms with Crippen LogP contribution in [0.15, 0.2) is 24.3 Å². The molecule has 2 rings (SSSR count). The van der Waals surface area contributed by atoms with Crippen LogP contribution in [0.1, 0.15) is 45.1 Å². The summed E-state index contributed by atoms with van der Waals surface area (Å²) < 4.78 is 5.41. The number of carbonyl (C=O) groups is 1. The van der Waals surface area contributed by atoms with E-state index in [1.165, 1.54) is 5.56 Å². The Labute approximate surface area is 145 Å². The quantitative estimate of drug-likeness (QED) is 0.799. The predicted octanol–water partition coefficient (Wildman–Crippen LogP) is 4.35. The summed E-state index contributed by atoms with van der Waals surface area (Å²) in [5.41, 5.74) is 1.21. The first-order valence-electron chi connectivity index (χ1n) is 8.51. The Bertz CT molecular complexity index is 511. The lowest BCUT2D eigenvalue weighted by Gasteiger charge is -2.35. The number of benzene rings is 1. The van der Waals surface area contributed by atoms with E-state index in [2.05, 4.69) is 20.8 Å². The zero-order valence-electron chi connectivity index (χ0n) is 14.6. The van der Waals surface area contributed by atoms with Gasteiger partial charge in [-0.1, -0.05) is 37.6 Å². The first-order chi connectivity index (χ1) is 10.9. The Balaban J connectivity index is 2.00. The fourth-order valence-electron chi connectivity index (χ4n) is 3.32. The van der Waals surface area contributed by atoms with Crippen LogP contribution in [-0.4, -0.2) is 37.1 Å². The third-order valence-corrected chi connectivity index (χ3v) is 5.69. The van der Waals surface area contributed by atoms with Crippen molar-refractivity contribution >= 4 is 17.5 Å². The number of hydrogen-bond donors (Lipinski definition) is 0. The van der Waals surface area contributed by atoms with E-state index in [1.807, 2.05) is 36.2 Å². The molecular weight excluding hydrogens is 310 g/mol. The molecule has 1 saturated heterocycles. The van der Waals surface area contributed by atoms with Gasteiger partial charge in [0.1, 0.15) is 0 Å². The third kappa shape index (κ3) is 4.48. The van der Waals surface area contributed by atoms with Crippen molar-refractivity contribution in [1.29, 1.82) is 0 Å². The summed E-state index contributed by atoms with van der Waals surface area (Å²) in [5, 5.41) is 0.742. The first-order valence-corrected chi connectivity index (χ1v) is 8.89. The van der Waals surface area contributed by atoms with Gasteiger partial charge in [0.2, 0.25) is 5.91 Å². The Morgan fingerprint density at radius 2 is 1.74 bits per heavy atom. The van der Waals surface area contributed by atoms with Crippen molar-refractivity contribution in [2.24, 2.45) is 11.8 Å². The highest BCUT2D eigenvalue weighted by molar-refractivity contribution is 6.30. The highest BCUT2D eigenvalue weighted by Gasteiger charge is 2.31. The molecule has 1 heterocycles. The molecule has 1 aromatic carbocycles. The molecule has 1 aliphatic rings. The van der Waals surface area contributed by atoms with Crippen LogP contribution in [0.25, 0.3) is 0 Å². The molecule has 4 heteroatoms. The number of nitrogens with zero attached hydrogens (tertiary/aromatic N) is 1. The van der Waals surface area contributed by atoms with Crippen LogP contribution in [-0.2, 0) is 9.53 Å². The van der Waals surface area contributed by atoms with Gasteiger partial charge in [-0.2, -0.15) is 0 Å². The Morgan fingerprint density at radius 3 is 2.30 bits per heavy atom. The predicted molar refractivity (Wildman–Crippen MR) is 94.8 cm³/mol. The minimum absolute atomic E-state index is 0.0590. The minimum Gasteiger partial charge on any atom is -0.381 e. The van der Waals surface area contributed by atoms with Gasteiger partial charge in [0.05, 0.1) is 0 Å². The monoisotopic (exact) mass is 337 g/mol. The van der Waals surface area contributed by atoms with E-state index in [9.17, 15) is 4.79 Å². The second-order valence-corrected chi connectivity index (χ2v) is 7.20. The molecule has 3 atom stereocenters. The smallest absolute Gasteiger partial charge is 0.225 e. The normalized spacial score (nSPS) is 19.9. The fourth-order valence-corrected chi connectivity index (χ4v) is 3.45. The maximum atomic E-state index is 12.8. The highest BCUT2D eigenvalue weighted by atomic mass is 35.5. The minimum atomic E-state index is 0.0590. The fraction of sp³-hybridized carbons (Fsp3) is 0.632. The van der Waals surface area contributed by atoms with Gasteiger partial charge in [-0.15, -0.1) is 0 Å². The lowest BCUT2D eigenvalue weighted by molar-refractivity contribution is -0.138. The van der Waals surface area contributed by atoms with Gasteiger partial charge in [0.25, 0.3) is 0 Å². The SMILES string of the molecule is CC(C(=O)N(C)C(C)C(C)c1ccc(Cl)cc1)C1CCOCC1. The van der Waals surface area contributed by atoms with Gasteiger partial charge in [0.15, 0.2) is 0 Å². The molecule has 1 aromatic rings. The first kappa shape index (κ1) is 18.3. The molecule has 0 saturated carbocycles.